The molecule has 2 aliphatic heterocycles. The van der Waals surface area contributed by atoms with Crippen molar-refractivity contribution in [2.45, 2.75) is 32.7 Å². The molecule has 1 atom stereocenters. The maximum absolute atomic E-state index is 9.15. The van der Waals surface area contributed by atoms with Gasteiger partial charge in [-0.3, -0.25) is 9.80 Å². The zero-order valence-corrected chi connectivity index (χ0v) is 18.2. The zero-order valence-electron chi connectivity index (χ0n) is 16.6. The Morgan fingerprint density at radius 2 is 1.69 bits per heavy atom. The van der Waals surface area contributed by atoms with E-state index in [1.54, 1.807) is 0 Å². The van der Waals surface area contributed by atoms with E-state index in [1.807, 2.05) is 48.5 Å². The van der Waals surface area contributed by atoms with E-state index in [-0.39, 0.29) is 11.5 Å². The summed E-state index contributed by atoms with van der Waals surface area (Å²) in [5.41, 5.74) is 2.19. The number of benzene rings is 2. The Kier molecular flexibility index (Phi) is 5.44. The first-order valence-electron chi connectivity index (χ1n) is 9.85. The summed E-state index contributed by atoms with van der Waals surface area (Å²) >= 11 is 12.0. The molecule has 0 saturated carbocycles. The van der Waals surface area contributed by atoms with Crippen LogP contribution in [-0.2, 0) is 0 Å². The number of rotatable bonds is 3. The minimum atomic E-state index is -0.237. The molecule has 2 saturated heterocycles. The Balaban J connectivity index is 1.85. The third kappa shape index (κ3) is 3.69. The fourth-order valence-corrected chi connectivity index (χ4v) is 4.70. The maximum Gasteiger partial charge on any atom is 0.133 e. The van der Waals surface area contributed by atoms with Crippen LogP contribution >= 0.6 is 23.8 Å². The number of halogens is 1. The highest BCUT2D eigenvalue weighted by atomic mass is 35.5. The van der Waals surface area contributed by atoms with Crippen molar-refractivity contribution in [2.75, 3.05) is 18.0 Å². The summed E-state index contributed by atoms with van der Waals surface area (Å²) < 4.78 is 0. The van der Waals surface area contributed by atoms with Crippen molar-refractivity contribution < 1.29 is 0 Å². The lowest BCUT2D eigenvalue weighted by molar-refractivity contribution is 0.224. The standard InChI is InChI=1S/C23H23ClN4S/c1-23(2)20(27-13-3-4-14-27)21(26-18-9-7-17(24)8-10-18)28(22(23)29)19-11-5-16(15-25)6-12-19/h5-12,20H,3-4,13-14H2,1-2H3. The summed E-state index contributed by atoms with van der Waals surface area (Å²) in [5.74, 6) is 0.939. The zero-order chi connectivity index (χ0) is 20.6. The topological polar surface area (TPSA) is 42.6 Å². The van der Waals surface area contributed by atoms with Gasteiger partial charge < -0.3 is 0 Å². The number of nitrogens with zero attached hydrogens (tertiary/aromatic N) is 4. The fourth-order valence-electron chi connectivity index (χ4n) is 4.27. The number of anilines is 1. The molecule has 2 aliphatic rings. The third-order valence-corrected chi connectivity index (χ3v) is 6.70. The number of likely N-dealkylation sites (tertiary alicyclic amines) is 1. The normalized spacial score (nSPS) is 23.0. The molecule has 2 heterocycles. The largest absolute Gasteiger partial charge is 0.293 e. The average Bonchev–Trinajstić information content (AvgIpc) is 3.29. The number of aliphatic imine (C=N–C) groups is 1. The first-order chi connectivity index (χ1) is 13.9. The molecular formula is C23H23ClN4S. The van der Waals surface area contributed by atoms with Gasteiger partial charge in [0.25, 0.3) is 0 Å². The molecule has 2 aromatic rings. The lowest BCUT2D eigenvalue weighted by Gasteiger charge is -2.32. The second-order valence-electron chi connectivity index (χ2n) is 8.11. The maximum atomic E-state index is 9.15. The van der Waals surface area contributed by atoms with Crippen molar-refractivity contribution in [2.24, 2.45) is 10.4 Å². The Bertz CT molecular complexity index is 983. The lowest BCUT2D eigenvalue weighted by Crippen LogP contribution is -2.46. The van der Waals surface area contributed by atoms with E-state index in [9.17, 15) is 0 Å². The summed E-state index contributed by atoms with van der Waals surface area (Å²) in [6, 6.07) is 17.4. The van der Waals surface area contributed by atoms with Gasteiger partial charge in [0, 0.05) is 16.1 Å². The van der Waals surface area contributed by atoms with E-state index in [2.05, 4.69) is 29.7 Å². The Hall–Kier alpha value is -2.26. The van der Waals surface area contributed by atoms with E-state index in [1.165, 1.54) is 12.8 Å². The van der Waals surface area contributed by atoms with Crippen LogP contribution in [0.1, 0.15) is 32.3 Å². The summed E-state index contributed by atoms with van der Waals surface area (Å²) in [5, 5.41) is 9.84. The van der Waals surface area contributed by atoms with E-state index in [0.717, 1.165) is 35.3 Å². The van der Waals surface area contributed by atoms with E-state index >= 15 is 0 Å². The van der Waals surface area contributed by atoms with Crippen LogP contribution in [0.25, 0.3) is 0 Å². The van der Waals surface area contributed by atoms with Crippen LogP contribution in [0.3, 0.4) is 0 Å². The van der Waals surface area contributed by atoms with Crippen LogP contribution in [0.15, 0.2) is 53.5 Å². The predicted octanol–water partition coefficient (Wildman–Crippen LogP) is 5.58. The molecular weight excluding hydrogens is 400 g/mol. The molecule has 0 aromatic heterocycles. The van der Waals surface area contributed by atoms with Gasteiger partial charge in [0.2, 0.25) is 0 Å². The van der Waals surface area contributed by atoms with Gasteiger partial charge in [0.05, 0.1) is 28.4 Å². The third-order valence-electron chi connectivity index (χ3n) is 5.74. The summed E-state index contributed by atoms with van der Waals surface area (Å²) in [6.45, 7) is 6.52. The molecule has 1 unspecified atom stereocenters. The van der Waals surface area contributed by atoms with Crippen molar-refractivity contribution in [1.29, 1.82) is 5.26 Å². The Morgan fingerprint density at radius 1 is 1.07 bits per heavy atom. The van der Waals surface area contributed by atoms with Crippen LogP contribution in [0.4, 0.5) is 11.4 Å². The summed E-state index contributed by atoms with van der Waals surface area (Å²) in [6.07, 6.45) is 2.40. The SMILES string of the molecule is CC1(C)C(=S)N(c2ccc(C#N)cc2)C(=Nc2ccc(Cl)cc2)C1N1CCCC1. The molecule has 4 rings (SSSR count). The molecule has 0 spiro atoms. The first-order valence-corrected chi connectivity index (χ1v) is 10.6. The fraction of sp³-hybridized carbons (Fsp3) is 0.348. The number of hydrogen-bond donors (Lipinski definition) is 0. The number of hydrogen-bond acceptors (Lipinski definition) is 4. The van der Waals surface area contributed by atoms with Gasteiger partial charge in [-0.1, -0.05) is 37.7 Å². The van der Waals surface area contributed by atoms with Gasteiger partial charge in [-0.05, 0) is 74.5 Å². The van der Waals surface area contributed by atoms with Gasteiger partial charge in [-0.15, -0.1) is 0 Å². The minimum Gasteiger partial charge on any atom is -0.293 e. The van der Waals surface area contributed by atoms with Gasteiger partial charge in [-0.25, -0.2) is 4.99 Å². The van der Waals surface area contributed by atoms with Gasteiger partial charge in [-0.2, -0.15) is 5.26 Å². The monoisotopic (exact) mass is 422 g/mol. The van der Waals surface area contributed by atoms with Crippen molar-refractivity contribution >= 4 is 46.0 Å². The molecule has 4 nitrogen and oxygen atoms in total. The average molecular weight is 423 g/mol. The molecule has 6 heteroatoms. The summed E-state index contributed by atoms with van der Waals surface area (Å²) in [7, 11) is 0. The van der Waals surface area contributed by atoms with Crippen molar-refractivity contribution in [3.8, 4) is 6.07 Å². The van der Waals surface area contributed by atoms with Crippen LogP contribution in [-0.4, -0.2) is 34.9 Å². The van der Waals surface area contributed by atoms with Crippen molar-refractivity contribution in [3.63, 3.8) is 0 Å². The molecule has 29 heavy (non-hydrogen) atoms. The highest BCUT2D eigenvalue weighted by Gasteiger charge is 2.52. The van der Waals surface area contributed by atoms with E-state index < -0.39 is 0 Å². The predicted molar refractivity (Wildman–Crippen MR) is 123 cm³/mol. The molecule has 0 radical (unpaired) electrons. The van der Waals surface area contributed by atoms with Crippen molar-refractivity contribution in [1.82, 2.24) is 4.90 Å². The molecule has 0 bridgehead atoms. The molecule has 0 N–H and O–H groups in total. The highest BCUT2D eigenvalue weighted by Crippen LogP contribution is 2.42. The summed E-state index contributed by atoms with van der Waals surface area (Å²) in [4.78, 5) is 10.5. The van der Waals surface area contributed by atoms with E-state index in [0.29, 0.717) is 10.6 Å². The van der Waals surface area contributed by atoms with Gasteiger partial charge >= 0.3 is 0 Å². The lowest BCUT2D eigenvalue weighted by atomic mass is 9.86. The minimum absolute atomic E-state index is 0.101. The number of thiocarbonyl (C=S) groups is 1. The van der Waals surface area contributed by atoms with E-state index in [4.69, 9.17) is 34.1 Å². The molecule has 0 aliphatic carbocycles. The van der Waals surface area contributed by atoms with Gasteiger partial charge in [0.15, 0.2) is 0 Å². The Morgan fingerprint density at radius 3 is 2.28 bits per heavy atom. The molecule has 2 aromatic carbocycles. The van der Waals surface area contributed by atoms with Crippen LogP contribution in [0, 0.1) is 16.7 Å². The smallest absolute Gasteiger partial charge is 0.133 e. The quantitative estimate of drug-likeness (QED) is 0.605. The van der Waals surface area contributed by atoms with Crippen LogP contribution < -0.4 is 4.90 Å². The Labute approximate surface area is 182 Å². The molecule has 2 fully saturated rings. The van der Waals surface area contributed by atoms with Crippen LogP contribution in [0.5, 0.6) is 0 Å². The second kappa shape index (κ2) is 7.87. The molecule has 0 amide bonds. The molecule has 148 valence electrons. The van der Waals surface area contributed by atoms with Gasteiger partial charge in [0.1, 0.15) is 5.84 Å². The number of amidine groups is 1. The van der Waals surface area contributed by atoms with Crippen molar-refractivity contribution in [3.05, 3.63) is 59.1 Å². The van der Waals surface area contributed by atoms with Crippen LogP contribution in [0.2, 0.25) is 5.02 Å². The highest BCUT2D eigenvalue weighted by molar-refractivity contribution is 7.80. The number of nitriles is 1. The first kappa shape index (κ1) is 20.0. The second-order valence-corrected chi connectivity index (χ2v) is 8.94.